The van der Waals surface area contributed by atoms with Crippen LogP contribution in [0.4, 0.5) is 0 Å². The third kappa shape index (κ3) is 4.07. The molecule has 0 aliphatic carbocycles. The van der Waals surface area contributed by atoms with Crippen molar-refractivity contribution in [3.63, 3.8) is 0 Å². The van der Waals surface area contributed by atoms with E-state index < -0.39 is 6.04 Å². The molecule has 1 unspecified atom stereocenters. The van der Waals surface area contributed by atoms with E-state index in [1.807, 2.05) is 32.9 Å². The molecule has 0 spiro atoms. The Labute approximate surface area is 128 Å². The second kappa shape index (κ2) is 7.43. The highest BCUT2D eigenvalue weighted by molar-refractivity contribution is 9.10. The number of carbonyl (C=O) groups is 2. The molecule has 0 aliphatic rings. The first-order valence-electron chi connectivity index (χ1n) is 6.76. The van der Waals surface area contributed by atoms with Crippen molar-refractivity contribution in [1.29, 1.82) is 0 Å². The Hall–Kier alpha value is -1.36. The van der Waals surface area contributed by atoms with Gasteiger partial charge in [-0.25, -0.2) is 0 Å². The van der Waals surface area contributed by atoms with Gasteiger partial charge in [0, 0.05) is 17.6 Å². The predicted molar refractivity (Wildman–Crippen MR) is 83.7 cm³/mol. The number of hydrogen-bond donors (Lipinski definition) is 1. The fourth-order valence-corrected chi connectivity index (χ4v) is 2.62. The van der Waals surface area contributed by atoms with Gasteiger partial charge in [-0.2, -0.15) is 0 Å². The smallest absolute Gasteiger partial charge is 0.253 e. The van der Waals surface area contributed by atoms with Crippen molar-refractivity contribution in [2.45, 2.75) is 33.7 Å². The van der Waals surface area contributed by atoms with Gasteiger partial charge in [0.2, 0.25) is 5.91 Å². The Balaban J connectivity index is 2.77. The summed E-state index contributed by atoms with van der Waals surface area (Å²) < 4.78 is 0.734. The van der Waals surface area contributed by atoms with Gasteiger partial charge in [-0.15, -0.1) is 0 Å². The standard InChI is InChI=1S/C15H21BrN2O2/c1-5-18(6-2)15(20)11(4)17-14(19)12-8-7-10(3)9-13(12)16/h7-9,11H,5-6H2,1-4H3,(H,17,19). The number of nitrogens with zero attached hydrogens (tertiary/aromatic N) is 1. The molecule has 1 atom stereocenters. The number of benzene rings is 1. The monoisotopic (exact) mass is 340 g/mol. The number of likely N-dealkylation sites (N-methyl/N-ethyl adjacent to an activating group) is 1. The highest BCUT2D eigenvalue weighted by atomic mass is 79.9. The molecule has 0 aromatic heterocycles. The van der Waals surface area contributed by atoms with Gasteiger partial charge in [0.25, 0.3) is 5.91 Å². The predicted octanol–water partition coefficient (Wildman–Crippen LogP) is 2.74. The van der Waals surface area contributed by atoms with Gasteiger partial charge in [0.15, 0.2) is 0 Å². The first kappa shape index (κ1) is 16.7. The number of aryl methyl sites for hydroxylation is 1. The van der Waals surface area contributed by atoms with Crippen LogP contribution < -0.4 is 5.32 Å². The fourth-order valence-electron chi connectivity index (χ4n) is 1.95. The van der Waals surface area contributed by atoms with Gasteiger partial charge in [0.05, 0.1) is 5.56 Å². The Kier molecular flexibility index (Phi) is 6.20. The zero-order valence-corrected chi connectivity index (χ0v) is 14.0. The molecule has 1 N–H and O–H groups in total. The Bertz CT molecular complexity index is 499. The summed E-state index contributed by atoms with van der Waals surface area (Å²) in [6.45, 7) is 8.80. The molecular weight excluding hydrogens is 320 g/mol. The van der Waals surface area contributed by atoms with Gasteiger partial charge in [-0.05, 0) is 61.3 Å². The van der Waals surface area contributed by atoms with Crippen molar-refractivity contribution in [2.24, 2.45) is 0 Å². The van der Waals surface area contributed by atoms with Gasteiger partial charge in [0.1, 0.15) is 6.04 Å². The van der Waals surface area contributed by atoms with E-state index in [2.05, 4.69) is 21.2 Å². The molecule has 1 aromatic carbocycles. The molecule has 5 heteroatoms. The molecule has 110 valence electrons. The minimum atomic E-state index is -0.532. The minimum Gasteiger partial charge on any atom is -0.341 e. The van der Waals surface area contributed by atoms with Crippen molar-refractivity contribution < 1.29 is 9.59 Å². The van der Waals surface area contributed by atoms with Crippen LogP contribution >= 0.6 is 15.9 Å². The fraction of sp³-hybridized carbons (Fsp3) is 0.467. The normalized spacial score (nSPS) is 11.8. The summed E-state index contributed by atoms with van der Waals surface area (Å²) in [7, 11) is 0. The SMILES string of the molecule is CCN(CC)C(=O)C(C)NC(=O)c1ccc(C)cc1Br. The van der Waals surface area contributed by atoms with E-state index in [0.29, 0.717) is 18.7 Å². The van der Waals surface area contributed by atoms with Gasteiger partial charge in [-0.3, -0.25) is 9.59 Å². The van der Waals surface area contributed by atoms with E-state index in [9.17, 15) is 9.59 Å². The number of nitrogens with one attached hydrogen (secondary N) is 1. The largest absolute Gasteiger partial charge is 0.341 e. The van der Waals surface area contributed by atoms with Gasteiger partial charge in [-0.1, -0.05) is 6.07 Å². The molecule has 1 rings (SSSR count). The minimum absolute atomic E-state index is 0.0633. The molecule has 2 amide bonds. The molecule has 0 aliphatic heterocycles. The number of halogens is 1. The lowest BCUT2D eigenvalue weighted by atomic mass is 10.1. The molecule has 1 aromatic rings. The van der Waals surface area contributed by atoms with Crippen molar-refractivity contribution in [2.75, 3.05) is 13.1 Å². The third-order valence-electron chi connectivity index (χ3n) is 3.16. The summed E-state index contributed by atoms with van der Waals surface area (Å²) in [5, 5.41) is 2.75. The zero-order valence-electron chi connectivity index (χ0n) is 12.4. The average Bonchev–Trinajstić information content (AvgIpc) is 2.39. The topological polar surface area (TPSA) is 49.4 Å². The van der Waals surface area contributed by atoms with E-state index in [4.69, 9.17) is 0 Å². The molecule has 0 fully saturated rings. The molecule has 20 heavy (non-hydrogen) atoms. The zero-order chi connectivity index (χ0) is 15.3. The molecule has 0 bridgehead atoms. The van der Waals surface area contributed by atoms with Crippen LogP contribution in [0.2, 0.25) is 0 Å². The lowest BCUT2D eigenvalue weighted by Crippen LogP contribution is -2.46. The summed E-state index contributed by atoms with van der Waals surface area (Å²) in [5.41, 5.74) is 1.61. The maximum Gasteiger partial charge on any atom is 0.253 e. The molecule has 0 heterocycles. The van der Waals surface area contributed by atoms with Gasteiger partial charge >= 0.3 is 0 Å². The first-order chi connectivity index (χ1) is 9.40. The number of hydrogen-bond acceptors (Lipinski definition) is 2. The molecular formula is C15H21BrN2O2. The molecule has 4 nitrogen and oxygen atoms in total. The van der Waals surface area contributed by atoms with Crippen molar-refractivity contribution in [3.05, 3.63) is 33.8 Å². The van der Waals surface area contributed by atoms with Crippen LogP contribution in [0.15, 0.2) is 22.7 Å². The van der Waals surface area contributed by atoms with Crippen LogP contribution in [-0.2, 0) is 4.79 Å². The summed E-state index contributed by atoms with van der Waals surface area (Å²) in [5.74, 6) is -0.309. The average molecular weight is 341 g/mol. The second-order valence-corrected chi connectivity index (χ2v) is 5.54. The first-order valence-corrected chi connectivity index (χ1v) is 7.55. The Morgan fingerprint density at radius 1 is 1.30 bits per heavy atom. The van der Waals surface area contributed by atoms with Crippen LogP contribution in [0.1, 0.15) is 36.7 Å². The molecule has 0 saturated carbocycles. The number of amides is 2. The van der Waals surface area contributed by atoms with Crippen LogP contribution in [-0.4, -0.2) is 35.8 Å². The highest BCUT2D eigenvalue weighted by Gasteiger charge is 2.21. The Morgan fingerprint density at radius 2 is 1.90 bits per heavy atom. The third-order valence-corrected chi connectivity index (χ3v) is 3.82. The maximum absolute atomic E-state index is 12.2. The lowest BCUT2D eigenvalue weighted by Gasteiger charge is -2.23. The second-order valence-electron chi connectivity index (χ2n) is 4.69. The molecule has 0 radical (unpaired) electrons. The maximum atomic E-state index is 12.2. The van der Waals surface area contributed by atoms with E-state index in [-0.39, 0.29) is 11.8 Å². The van der Waals surface area contributed by atoms with E-state index in [1.165, 1.54) is 0 Å². The van der Waals surface area contributed by atoms with Crippen LogP contribution in [0, 0.1) is 6.92 Å². The summed E-state index contributed by atoms with van der Waals surface area (Å²) in [6, 6.07) is 4.97. The van der Waals surface area contributed by atoms with Crippen molar-refractivity contribution in [3.8, 4) is 0 Å². The van der Waals surface area contributed by atoms with E-state index >= 15 is 0 Å². The van der Waals surface area contributed by atoms with Crippen LogP contribution in [0.25, 0.3) is 0 Å². The van der Waals surface area contributed by atoms with Crippen LogP contribution in [0.5, 0.6) is 0 Å². The lowest BCUT2D eigenvalue weighted by molar-refractivity contribution is -0.132. The summed E-state index contributed by atoms with van der Waals surface area (Å²) in [6.07, 6.45) is 0. The van der Waals surface area contributed by atoms with E-state index in [1.54, 1.807) is 17.9 Å². The quantitative estimate of drug-likeness (QED) is 0.895. The van der Waals surface area contributed by atoms with Crippen molar-refractivity contribution >= 4 is 27.7 Å². The van der Waals surface area contributed by atoms with Crippen LogP contribution in [0.3, 0.4) is 0 Å². The summed E-state index contributed by atoms with van der Waals surface area (Å²) in [4.78, 5) is 26.0. The molecule has 0 saturated heterocycles. The summed E-state index contributed by atoms with van der Waals surface area (Å²) >= 11 is 3.37. The number of carbonyl (C=O) groups excluding carboxylic acids is 2. The Morgan fingerprint density at radius 3 is 2.40 bits per heavy atom. The van der Waals surface area contributed by atoms with E-state index in [0.717, 1.165) is 10.0 Å². The van der Waals surface area contributed by atoms with Gasteiger partial charge < -0.3 is 10.2 Å². The van der Waals surface area contributed by atoms with Crippen molar-refractivity contribution in [1.82, 2.24) is 10.2 Å². The number of rotatable bonds is 5. The highest BCUT2D eigenvalue weighted by Crippen LogP contribution is 2.18.